The van der Waals surface area contributed by atoms with Crippen molar-refractivity contribution in [3.63, 3.8) is 0 Å². The third-order valence-corrected chi connectivity index (χ3v) is 6.28. The molecule has 34 heavy (non-hydrogen) atoms. The molecule has 170 valence electrons. The van der Waals surface area contributed by atoms with Gasteiger partial charge in [-0.2, -0.15) is 4.80 Å². The molecule has 0 saturated heterocycles. The number of hydrogen-bond acceptors (Lipinski definition) is 5. The molecule has 0 atom stereocenters. The zero-order valence-corrected chi connectivity index (χ0v) is 18.5. The first-order valence-electron chi connectivity index (χ1n) is 11.2. The van der Waals surface area contributed by atoms with Crippen LogP contribution in [-0.4, -0.2) is 32.0 Å². The summed E-state index contributed by atoms with van der Waals surface area (Å²) < 4.78 is 0. The lowest BCUT2D eigenvalue weighted by atomic mass is 9.64. The van der Waals surface area contributed by atoms with E-state index in [-0.39, 0.29) is 11.8 Å². The van der Waals surface area contributed by atoms with Crippen molar-refractivity contribution < 1.29 is 9.59 Å². The van der Waals surface area contributed by atoms with Crippen LogP contribution in [-0.2, 0) is 16.8 Å². The molecule has 1 aromatic heterocycles. The minimum absolute atomic E-state index is 0.179. The van der Waals surface area contributed by atoms with Crippen molar-refractivity contribution in [2.45, 2.75) is 31.2 Å². The first-order chi connectivity index (χ1) is 16.6. The van der Waals surface area contributed by atoms with Crippen molar-refractivity contribution in [2.75, 3.05) is 0 Å². The van der Waals surface area contributed by atoms with Gasteiger partial charge < -0.3 is 0 Å². The number of amides is 2. The Morgan fingerprint density at radius 2 is 1.53 bits per heavy atom. The van der Waals surface area contributed by atoms with Gasteiger partial charge >= 0.3 is 0 Å². The largest absolute Gasteiger partial charge is 0.272 e. The highest BCUT2D eigenvalue weighted by Gasteiger charge is 2.45. The number of hydrazine groups is 1. The molecular weight excluding hydrogens is 428 g/mol. The molecule has 1 heterocycles. The summed E-state index contributed by atoms with van der Waals surface area (Å²) in [7, 11) is 0. The van der Waals surface area contributed by atoms with E-state index >= 15 is 0 Å². The van der Waals surface area contributed by atoms with Gasteiger partial charge in [0.1, 0.15) is 0 Å². The maximum absolute atomic E-state index is 12.9. The lowest BCUT2D eigenvalue weighted by Gasteiger charge is -2.40. The second-order valence-corrected chi connectivity index (χ2v) is 8.42. The molecule has 5 rings (SSSR count). The summed E-state index contributed by atoms with van der Waals surface area (Å²) in [6.45, 7) is 0.429. The third-order valence-electron chi connectivity index (χ3n) is 6.28. The van der Waals surface area contributed by atoms with Gasteiger partial charge in [-0.1, -0.05) is 79.2 Å². The Labute approximate surface area is 197 Å². The van der Waals surface area contributed by atoms with Crippen LogP contribution in [0.25, 0.3) is 11.4 Å². The van der Waals surface area contributed by atoms with E-state index in [0.717, 1.165) is 36.0 Å². The van der Waals surface area contributed by atoms with Crippen molar-refractivity contribution in [1.82, 2.24) is 31.1 Å². The van der Waals surface area contributed by atoms with Gasteiger partial charge in [-0.05, 0) is 41.3 Å². The van der Waals surface area contributed by atoms with E-state index in [0.29, 0.717) is 17.9 Å². The minimum atomic E-state index is -0.568. The number of benzene rings is 3. The molecule has 0 unspecified atom stereocenters. The fraction of sp³-hybridized carbons (Fsp3) is 0.192. The quantitative estimate of drug-likeness (QED) is 0.437. The SMILES string of the molecule is O=C(NNC(=O)C1(c2ccccc2)CCC1)c1ccc(Cn2nnc(-c3ccccc3)n2)cc1. The predicted molar refractivity (Wildman–Crippen MR) is 126 cm³/mol. The van der Waals surface area contributed by atoms with E-state index in [1.54, 1.807) is 12.1 Å². The molecule has 1 saturated carbocycles. The second-order valence-electron chi connectivity index (χ2n) is 8.42. The summed E-state index contributed by atoms with van der Waals surface area (Å²) in [5.41, 5.74) is 7.87. The van der Waals surface area contributed by atoms with Crippen LogP contribution in [0.15, 0.2) is 84.9 Å². The molecule has 0 aliphatic heterocycles. The van der Waals surface area contributed by atoms with Crippen LogP contribution in [0, 0.1) is 0 Å². The zero-order valence-electron chi connectivity index (χ0n) is 18.5. The normalized spacial score (nSPS) is 14.1. The van der Waals surface area contributed by atoms with Gasteiger partial charge in [-0.3, -0.25) is 20.4 Å². The van der Waals surface area contributed by atoms with E-state index < -0.39 is 5.41 Å². The Morgan fingerprint density at radius 3 is 2.18 bits per heavy atom. The molecule has 0 spiro atoms. The van der Waals surface area contributed by atoms with Gasteiger partial charge in [0, 0.05) is 11.1 Å². The van der Waals surface area contributed by atoms with Crippen LogP contribution in [0.5, 0.6) is 0 Å². The molecule has 1 fully saturated rings. The highest BCUT2D eigenvalue weighted by Crippen LogP contribution is 2.43. The molecule has 2 N–H and O–H groups in total. The number of rotatable bonds is 6. The lowest BCUT2D eigenvalue weighted by Crippen LogP contribution is -2.54. The summed E-state index contributed by atoms with van der Waals surface area (Å²) in [6, 6.07) is 26.5. The Morgan fingerprint density at radius 1 is 0.853 bits per heavy atom. The molecular formula is C26H24N6O2. The fourth-order valence-electron chi connectivity index (χ4n) is 4.18. The average Bonchev–Trinajstić information content (AvgIpc) is 3.32. The molecule has 0 bridgehead atoms. The molecule has 0 radical (unpaired) electrons. The van der Waals surface area contributed by atoms with Crippen molar-refractivity contribution in [3.05, 3.63) is 102 Å². The van der Waals surface area contributed by atoms with Crippen LogP contribution >= 0.6 is 0 Å². The van der Waals surface area contributed by atoms with Gasteiger partial charge in [0.25, 0.3) is 5.91 Å². The van der Waals surface area contributed by atoms with Gasteiger partial charge in [0.05, 0.1) is 12.0 Å². The van der Waals surface area contributed by atoms with Crippen LogP contribution in [0.2, 0.25) is 0 Å². The summed E-state index contributed by atoms with van der Waals surface area (Å²) in [4.78, 5) is 27.0. The van der Waals surface area contributed by atoms with Crippen LogP contribution < -0.4 is 10.9 Å². The summed E-state index contributed by atoms with van der Waals surface area (Å²) in [5, 5.41) is 12.6. The minimum Gasteiger partial charge on any atom is -0.272 e. The van der Waals surface area contributed by atoms with Gasteiger partial charge in [0.15, 0.2) is 0 Å². The smallest absolute Gasteiger partial charge is 0.269 e. The highest BCUT2D eigenvalue weighted by molar-refractivity contribution is 5.97. The third kappa shape index (κ3) is 4.30. The molecule has 4 aromatic rings. The number of carbonyl (C=O) groups is 2. The fourth-order valence-corrected chi connectivity index (χ4v) is 4.18. The van der Waals surface area contributed by atoms with Crippen molar-refractivity contribution in [2.24, 2.45) is 0 Å². The van der Waals surface area contributed by atoms with Gasteiger partial charge in [0.2, 0.25) is 11.7 Å². The van der Waals surface area contributed by atoms with Crippen LogP contribution in [0.1, 0.15) is 40.7 Å². The topological polar surface area (TPSA) is 102 Å². The Kier molecular flexibility index (Phi) is 5.86. The molecule has 8 heteroatoms. The van der Waals surface area contributed by atoms with Crippen molar-refractivity contribution in [3.8, 4) is 11.4 Å². The number of nitrogens with one attached hydrogen (secondary N) is 2. The Bertz CT molecular complexity index is 1280. The van der Waals surface area contributed by atoms with Crippen LogP contribution in [0.3, 0.4) is 0 Å². The molecule has 1 aliphatic rings. The zero-order chi connectivity index (χ0) is 23.4. The molecule has 8 nitrogen and oxygen atoms in total. The number of carbonyl (C=O) groups excluding carboxylic acids is 2. The lowest BCUT2D eigenvalue weighted by molar-refractivity contribution is -0.130. The Balaban J connectivity index is 1.18. The molecule has 1 aliphatic carbocycles. The summed E-state index contributed by atoms with van der Waals surface area (Å²) in [5.74, 6) is 0.0150. The second kappa shape index (κ2) is 9.27. The maximum atomic E-state index is 12.9. The van der Waals surface area contributed by atoms with E-state index in [1.807, 2.05) is 72.8 Å². The van der Waals surface area contributed by atoms with Gasteiger partial charge in [-0.15, -0.1) is 10.2 Å². The predicted octanol–water partition coefficient (Wildman–Crippen LogP) is 3.27. The van der Waals surface area contributed by atoms with Crippen molar-refractivity contribution >= 4 is 11.8 Å². The molecule has 3 aromatic carbocycles. The number of aromatic nitrogens is 4. The van der Waals surface area contributed by atoms with Crippen molar-refractivity contribution in [1.29, 1.82) is 0 Å². The monoisotopic (exact) mass is 452 g/mol. The first-order valence-corrected chi connectivity index (χ1v) is 11.2. The van der Waals surface area contributed by atoms with Crippen LogP contribution in [0.4, 0.5) is 0 Å². The first kappa shape index (κ1) is 21.5. The van der Waals surface area contributed by atoms with E-state index in [2.05, 4.69) is 26.3 Å². The van der Waals surface area contributed by atoms with Gasteiger partial charge in [-0.25, -0.2) is 0 Å². The van der Waals surface area contributed by atoms with E-state index in [1.165, 1.54) is 4.80 Å². The number of tetrazole rings is 1. The summed E-state index contributed by atoms with van der Waals surface area (Å²) in [6.07, 6.45) is 2.54. The average molecular weight is 453 g/mol. The Hall–Kier alpha value is -4.33. The standard InChI is InChI=1S/C26H24N6O2/c33-24(28-29-25(34)26(16-7-17-26)22-10-5-2-6-11-22)21-14-12-19(13-15-21)18-32-30-23(27-31-32)20-8-3-1-4-9-20/h1-6,8-15H,7,16-18H2,(H,28,33)(H,29,34). The maximum Gasteiger partial charge on any atom is 0.269 e. The van der Waals surface area contributed by atoms with E-state index in [4.69, 9.17) is 0 Å². The summed E-state index contributed by atoms with van der Waals surface area (Å²) >= 11 is 0. The number of hydrogen-bond donors (Lipinski definition) is 2. The molecule has 2 amide bonds. The van der Waals surface area contributed by atoms with E-state index in [9.17, 15) is 9.59 Å². The highest BCUT2D eigenvalue weighted by atomic mass is 16.2. The number of nitrogens with zero attached hydrogens (tertiary/aromatic N) is 4.